The molecule has 3 N–H and O–H groups in total. The molecule has 0 radical (unpaired) electrons. The summed E-state index contributed by atoms with van der Waals surface area (Å²) in [7, 11) is -3.18. The SMILES string of the molecule is CS(=O)(=O)NCC1CCCN(C(=O)CCc2ccccc2N)C1. The molecule has 0 spiro atoms. The number of nitrogen functional groups attached to an aromatic ring is 1. The van der Waals surface area contributed by atoms with Gasteiger partial charge in [-0.2, -0.15) is 0 Å². The second kappa shape index (κ2) is 7.79. The second-order valence-electron chi connectivity index (χ2n) is 6.17. The van der Waals surface area contributed by atoms with E-state index in [1.165, 1.54) is 0 Å². The Morgan fingerprint density at radius 2 is 2.13 bits per heavy atom. The third-order valence-corrected chi connectivity index (χ3v) is 4.86. The zero-order chi connectivity index (χ0) is 16.9. The van der Waals surface area contributed by atoms with Crippen molar-refractivity contribution < 1.29 is 13.2 Å². The van der Waals surface area contributed by atoms with E-state index in [1.54, 1.807) is 0 Å². The van der Waals surface area contributed by atoms with E-state index < -0.39 is 10.0 Å². The number of benzene rings is 1. The molecule has 1 heterocycles. The standard InChI is InChI=1S/C16H25N3O3S/c1-23(21,22)18-11-13-5-4-10-19(12-13)16(20)9-8-14-6-2-3-7-15(14)17/h2-3,6-7,13,18H,4-5,8-12,17H2,1H3. The molecule has 1 aromatic rings. The highest BCUT2D eigenvalue weighted by Gasteiger charge is 2.24. The van der Waals surface area contributed by atoms with Crippen molar-refractivity contribution in [2.24, 2.45) is 5.92 Å². The minimum atomic E-state index is -3.18. The van der Waals surface area contributed by atoms with Gasteiger partial charge in [-0.05, 0) is 36.8 Å². The van der Waals surface area contributed by atoms with Crippen LogP contribution in [-0.2, 0) is 21.2 Å². The molecule has 1 aliphatic heterocycles. The Hall–Kier alpha value is -1.60. The number of sulfonamides is 1. The highest BCUT2D eigenvalue weighted by Crippen LogP contribution is 2.18. The first kappa shape index (κ1) is 17.7. The average Bonchev–Trinajstić information content (AvgIpc) is 2.51. The first-order chi connectivity index (χ1) is 10.8. The molecule has 0 saturated carbocycles. The minimum absolute atomic E-state index is 0.109. The van der Waals surface area contributed by atoms with E-state index in [-0.39, 0.29) is 11.8 Å². The van der Waals surface area contributed by atoms with Gasteiger partial charge in [-0.3, -0.25) is 4.79 Å². The van der Waals surface area contributed by atoms with Gasteiger partial charge in [0.15, 0.2) is 0 Å². The minimum Gasteiger partial charge on any atom is -0.399 e. The van der Waals surface area contributed by atoms with E-state index in [4.69, 9.17) is 5.73 Å². The normalized spacial score (nSPS) is 18.8. The number of nitrogens with one attached hydrogen (secondary N) is 1. The van der Waals surface area contributed by atoms with Gasteiger partial charge in [0.25, 0.3) is 0 Å². The topological polar surface area (TPSA) is 92.5 Å². The lowest BCUT2D eigenvalue weighted by molar-refractivity contribution is -0.132. The van der Waals surface area contributed by atoms with Crippen LogP contribution in [0.2, 0.25) is 0 Å². The summed E-state index contributed by atoms with van der Waals surface area (Å²) in [5.41, 5.74) is 7.61. The number of piperidine rings is 1. The molecule has 23 heavy (non-hydrogen) atoms. The highest BCUT2D eigenvalue weighted by molar-refractivity contribution is 7.88. The van der Waals surface area contributed by atoms with E-state index in [0.717, 1.165) is 31.2 Å². The van der Waals surface area contributed by atoms with Crippen LogP contribution < -0.4 is 10.5 Å². The van der Waals surface area contributed by atoms with Gasteiger partial charge in [0, 0.05) is 31.7 Å². The molecule has 0 aromatic heterocycles. The summed E-state index contributed by atoms with van der Waals surface area (Å²) in [6.45, 7) is 1.76. The van der Waals surface area contributed by atoms with Crippen LogP contribution in [-0.4, -0.2) is 45.1 Å². The van der Waals surface area contributed by atoms with Crippen LogP contribution in [0.5, 0.6) is 0 Å². The third-order valence-electron chi connectivity index (χ3n) is 4.17. The summed E-state index contributed by atoms with van der Waals surface area (Å²) in [5.74, 6) is 0.293. The van der Waals surface area contributed by atoms with Gasteiger partial charge in [-0.15, -0.1) is 0 Å². The van der Waals surface area contributed by atoms with Crippen molar-refractivity contribution in [1.29, 1.82) is 0 Å². The van der Waals surface area contributed by atoms with Crippen molar-refractivity contribution in [3.63, 3.8) is 0 Å². The summed E-state index contributed by atoms with van der Waals surface area (Å²) < 4.78 is 24.9. The number of hydrogen-bond acceptors (Lipinski definition) is 4. The van der Waals surface area contributed by atoms with Gasteiger partial charge in [0.1, 0.15) is 0 Å². The largest absolute Gasteiger partial charge is 0.399 e. The Kier molecular flexibility index (Phi) is 6.01. The van der Waals surface area contributed by atoms with Gasteiger partial charge >= 0.3 is 0 Å². The lowest BCUT2D eigenvalue weighted by atomic mass is 9.97. The quantitative estimate of drug-likeness (QED) is 0.756. The number of nitrogens with zero attached hydrogens (tertiary/aromatic N) is 1. The molecule has 2 rings (SSSR count). The van der Waals surface area contributed by atoms with Crippen molar-refractivity contribution in [3.8, 4) is 0 Å². The average molecular weight is 339 g/mol. The summed E-state index contributed by atoms with van der Waals surface area (Å²) in [5, 5.41) is 0. The third kappa shape index (κ3) is 5.84. The molecule has 6 nitrogen and oxygen atoms in total. The fraction of sp³-hybridized carbons (Fsp3) is 0.562. The van der Waals surface area contributed by atoms with Crippen molar-refractivity contribution >= 4 is 21.6 Å². The molecule has 1 fully saturated rings. The number of amides is 1. The molecule has 1 amide bonds. The Morgan fingerprint density at radius 1 is 1.39 bits per heavy atom. The molecular formula is C16H25N3O3S. The first-order valence-electron chi connectivity index (χ1n) is 7.91. The molecule has 1 aromatic carbocycles. The number of para-hydroxylation sites is 1. The van der Waals surface area contributed by atoms with Crippen LogP contribution in [0.1, 0.15) is 24.8 Å². The predicted molar refractivity (Wildman–Crippen MR) is 91.3 cm³/mol. The van der Waals surface area contributed by atoms with Crippen molar-refractivity contribution in [3.05, 3.63) is 29.8 Å². The molecule has 1 aliphatic rings. The highest BCUT2D eigenvalue weighted by atomic mass is 32.2. The molecule has 0 bridgehead atoms. The number of likely N-dealkylation sites (tertiary alicyclic amines) is 1. The molecule has 1 unspecified atom stereocenters. The van der Waals surface area contributed by atoms with Gasteiger partial charge in [-0.25, -0.2) is 13.1 Å². The van der Waals surface area contributed by atoms with Crippen LogP contribution in [0.25, 0.3) is 0 Å². The van der Waals surface area contributed by atoms with E-state index in [1.807, 2.05) is 29.2 Å². The van der Waals surface area contributed by atoms with Crippen molar-refractivity contribution in [2.45, 2.75) is 25.7 Å². The summed E-state index contributed by atoms with van der Waals surface area (Å²) in [6.07, 6.45) is 4.07. The Morgan fingerprint density at radius 3 is 2.83 bits per heavy atom. The van der Waals surface area contributed by atoms with E-state index in [2.05, 4.69) is 4.72 Å². The maximum atomic E-state index is 12.4. The number of rotatable bonds is 6. The smallest absolute Gasteiger partial charge is 0.222 e. The number of carbonyl (C=O) groups excluding carboxylic acids is 1. The van der Waals surface area contributed by atoms with Gasteiger partial charge in [-0.1, -0.05) is 18.2 Å². The van der Waals surface area contributed by atoms with Crippen LogP contribution in [0, 0.1) is 5.92 Å². The summed E-state index contributed by atoms with van der Waals surface area (Å²) in [4.78, 5) is 14.2. The van der Waals surface area contributed by atoms with Crippen LogP contribution in [0.15, 0.2) is 24.3 Å². The van der Waals surface area contributed by atoms with Gasteiger partial charge in [0.05, 0.1) is 6.26 Å². The number of anilines is 1. The molecule has 128 valence electrons. The fourth-order valence-electron chi connectivity index (χ4n) is 2.89. The number of aryl methyl sites for hydroxylation is 1. The molecule has 1 saturated heterocycles. The van der Waals surface area contributed by atoms with Crippen LogP contribution in [0.3, 0.4) is 0 Å². The Bertz CT molecular complexity index is 646. The zero-order valence-electron chi connectivity index (χ0n) is 13.5. The van der Waals surface area contributed by atoms with Crippen LogP contribution in [0.4, 0.5) is 5.69 Å². The maximum absolute atomic E-state index is 12.4. The summed E-state index contributed by atoms with van der Waals surface area (Å²) >= 11 is 0. The number of hydrogen-bond donors (Lipinski definition) is 2. The van der Waals surface area contributed by atoms with Gasteiger partial charge < -0.3 is 10.6 Å². The van der Waals surface area contributed by atoms with E-state index >= 15 is 0 Å². The fourth-order valence-corrected chi connectivity index (χ4v) is 3.43. The van der Waals surface area contributed by atoms with Crippen molar-refractivity contribution in [1.82, 2.24) is 9.62 Å². The zero-order valence-corrected chi connectivity index (χ0v) is 14.3. The lowest BCUT2D eigenvalue weighted by Gasteiger charge is -2.33. The second-order valence-corrected chi connectivity index (χ2v) is 8.00. The molecular weight excluding hydrogens is 314 g/mol. The van der Waals surface area contributed by atoms with E-state index in [0.29, 0.717) is 31.6 Å². The maximum Gasteiger partial charge on any atom is 0.222 e. The number of nitrogens with two attached hydrogens (primary N) is 1. The predicted octanol–water partition coefficient (Wildman–Crippen LogP) is 0.989. The molecule has 7 heteroatoms. The van der Waals surface area contributed by atoms with E-state index in [9.17, 15) is 13.2 Å². The van der Waals surface area contributed by atoms with Gasteiger partial charge in [0.2, 0.25) is 15.9 Å². The number of carbonyl (C=O) groups is 1. The Labute approximate surface area is 138 Å². The van der Waals surface area contributed by atoms with Crippen molar-refractivity contribution in [2.75, 3.05) is 31.6 Å². The first-order valence-corrected chi connectivity index (χ1v) is 9.80. The van der Waals surface area contributed by atoms with Crippen LogP contribution >= 0.6 is 0 Å². The monoisotopic (exact) mass is 339 g/mol. The molecule has 0 aliphatic carbocycles. The lowest BCUT2D eigenvalue weighted by Crippen LogP contribution is -2.43. The molecule has 1 atom stereocenters. The Balaban J connectivity index is 1.83. The summed E-state index contributed by atoms with van der Waals surface area (Å²) in [6, 6.07) is 7.58.